The van der Waals surface area contributed by atoms with Gasteiger partial charge >= 0.3 is 0 Å². The highest BCUT2D eigenvalue weighted by molar-refractivity contribution is 5.97. The van der Waals surface area contributed by atoms with Gasteiger partial charge in [0, 0.05) is 36.7 Å². The number of oxazole rings is 1. The number of hydrogen-bond acceptors (Lipinski definition) is 4. The first kappa shape index (κ1) is 24.8. The largest absolute Gasteiger partial charge is 0.436 e. The summed E-state index contributed by atoms with van der Waals surface area (Å²) in [6.45, 7) is 5.97. The molecule has 0 saturated carbocycles. The highest BCUT2D eigenvalue weighted by Gasteiger charge is 2.30. The van der Waals surface area contributed by atoms with Crippen LogP contribution in [0.25, 0.3) is 22.6 Å². The molecule has 2 heterocycles. The maximum absolute atomic E-state index is 13.2. The first-order chi connectivity index (χ1) is 18.0. The Balaban J connectivity index is 1.16. The number of aryl methyl sites for hydroxylation is 1. The fraction of sp³-hybridized carbons (Fsp3) is 0.323. The zero-order chi connectivity index (χ0) is 25.8. The summed E-state index contributed by atoms with van der Waals surface area (Å²) in [6, 6.07) is 23.5. The first-order valence-electron chi connectivity index (χ1n) is 13.1. The van der Waals surface area contributed by atoms with Crippen molar-refractivity contribution in [2.45, 2.75) is 39.7 Å². The molecule has 190 valence electrons. The predicted octanol–water partition coefficient (Wildman–Crippen LogP) is 5.86. The summed E-state index contributed by atoms with van der Waals surface area (Å²) in [4.78, 5) is 32.5. The summed E-state index contributed by atoms with van der Waals surface area (Å²) in [6.07, 6.45) is 2.64. The van der Waals surface area contributed by atoms with Crippen LogP contribution in [-0.2, 0) is 17.8 Å². The highest BCUT2D eigenvalue weighted by atomic mass is 16.3. The van der Waals surface area contributed by atoms with Crippen LogP contribution in [-0.4, -0.2) is 34.8 Å². The molecule has 1 aliphatic rings. The van der Waals surface area contributed by atoms with Crippen LogP contribution in [0.3, 0.4) is 0 Å². The molecule has 1 aliphatic heterocycles. The van der Waals surface area contributed by atoms with E-state index < -0.39 is 0 Å². The average Bonchev–Trinajstić information content (AvgIpc) is 3.39. The molecular formula is C31H33N3O3. The Morgan fingerprint density at radius 2 is 1.70 bits per heavy atom. The molecule has 5 rings (SSSR count). The highest BCUT2D eigenvalue weighted by Crippen LogP contribution is 2.28. The van der Waals surface area contributed by atoms with E-state index in [-0.39, 0.29) is 23.7 Å². The molecule has 0 radical (unpaired) electrons. The molecule has 1 fully saturated rings. The Bertz CT molecular complexity index is 1370. The third-order valence-corrected chi connectivity index (χ3v) is 7.50. The molecule has 6 nitrogen and oxygen atoms in total. The van der Waals surface area contributed by atoms with Crippen LogP contribution in [0.2, 0.25) is 0 Å². The summed E-state index contributed by atoms with van der Waals surface area (Å²) in [5, 5.41) is 3.09. The van der Waals surface area contributed by atoms with Gasteiger partial charge in [0.05, 0.1) is 0 Å². The molecule has 3 aromatic carbocycles. The van der Waals surface area contributed by atoms with E-state index in [1.54, 1.807) is 6.07 Å². The lowest BCUT2D eigenvalue weighted by Crippen LogP contribution is -2.42. The normalized spacial score (nSPS) is 15.0. The standard InChI is InChI=1S/C31H33N3O3/c1-3-22-9-11-23(12-10-22)20-32-29(35)21(2)24-15-17-34(18-16-24)31(36)26-13-14-28-27(19-26)33-30(37-28)25-7-5-4-6-8-25/h4-14,19,21,24H,3,15-18,20H2,1-2H3,(H,32,35)/t21-/m0/s1. The van der Waals surface area contributed by atoms with Gasteiger partial charge in [-0.15, -0.1) is 0 Å². The number of aromatic nitrogens is 1. The zero-order valence-corrected chi connectivity index (χ0v) is 21.4. The molecule has 37 heavy (non-hydrogen) atoms. The zero-order valence-electron chi connectivity index (χ0n) is 21.4. The van der Waals surface area contributed by atoms with E-state index in [1.807, 2.05) is 54.3 Å². The number of carbonyl (C=O) groups excluding carboxylic acids is 2. The SMILES string of the molecule is CCc1ccc(CNC(=O)[C@@H](C)C2CCN(C(=O)c3ccc4oc(-c5ccccc5)nc4c3)CC2)cc1. The molecule has 1 atom stereocenters. The van der Waals surface area contributed by atoms with Gasteiger partial charge in [-0.1, -0.05) is 56.3 Å². The molecule has 0 aliphatic carbocycles. The van der Waals surface area contributed by atoms with Crippen molar-refractivity contribution in [3.8, 4) is 11.5 Å². The van der Waals surface area contributed by atoms with Gasteiger partial charge in [0.15, 0.2) is 5.58 Å². The summed E-state index contributed by atoms with van der Waals surface area (Å²) in [7, 11) is 0. The first-order valence-corrected chi connectivity index (χ1v) is 13.1. The number of fused-ring (bicyclic) bond motifs is 1. The van der Waals surface area contributed by atoms with E-state index in [1.165, 1.54) is 5.56 Å². The Labute approximate surface area is 217 Å². The molecule has 1 aromatic heterocycles. The number of rotatable bonds is 7. The summed E-state index contributed by atoms with van der Waals surface area (Å²) in [5.74, 6) is 0.798. The second-order valence-corrected chi connectivity index (χ2v) is 9.87. The summed E-state index contributed by atoms with van der Waals surface area (Å²) >= 11 is 0. The molecule has 4 aromatic rings. The van der Waals surface area contributed by atoms with Crippen molar-refractivity contribution >= 4 is 22.9 Å². The average molecular weight is 496 g/mol. The van der Waals surface area contributed by atoms with Crippen molar-refractivity contribution in [2.75, 3.05) is 13.1 Å². The summed E-state index contributed by atoms with van der Waals surface area (Å²) < 4.78 is 5.88. The van der Waals surface area contributed by atoms with Gasteiger partial charge in [-0.25, -0.2) is 4.98 Å². The van der Waals surface area contributed by atoms with Crippen LogP contribution < -0.4 is 5.32 Å². The van der Waals surface area contributed by atoms with E-state index in [0.29, 0.717) is 42.2 Å². The van der Waals surface area contributed by atoms with Gasteiger partial charge in [-0.2, -0.15) is 0 Å². The van der Waals surface area contributed by atoms with Gasteiger partial charge in [0.1, 0.15) is 5.52 Å². The second-order valence-electron chi connectivity index (χ2n) is 9.87. The van der Waals surface area contributed by atoms with Crippen LogP contribution in [0.5, 0.6) is 0 Å². The van der Waals surface area contributed by atoms with Crippen molar-refractivity contribution in [1.29, 1.82) is 0 Å². The molecule has 2 amide bonds. The quantitative estimate of drug-likeness (QED) is 0.348. The molecule has 1 saturated heterocycles. The topological polar surface area (TPSA) is 75.4 Å². The van der Waals surface area contributed by atoms with Gasteiger partial charge in [0.2, 0.25) is 11.8 Å². The number of amides is 2. The predicted molar refractivity (Wildman–Crippen MR) is 145 cm³/mol. The molecule has 6 heteroatoms. The number of nitrogens with zero attached hydrogens (tertiary/aromatic N) is 2. The van der Waals surface area contributed by atoms with Crippen molar-refractivity contribution < 1.29 is 14.0 Å². The lowest BCUT2D eigenvalue weighted by atomic mass is 9.84. The van der Waals surface area contributed by atoms with Crippen LogP contribution in [0.1, 0.15) is 48.2 Å². The van der Waals surface area contributed by atoms with E-state index in [0.717, 1.165) is 30.4 Å². The molecule has 1 N–H and O–H groups in total. The fourth-order valence-electron chi connectivity index (χ4n) is 5.01. The third-order valence-electron chi connectivity index (χ3n) is 7.50. The molecular weight excluding hydrogens is 462 g/mol. The monoisotopic (exact) mass is 495 g/mol. The maximum atomic E-state index is 13.2. The van der Waals surface area contributed by atoms with E-state index >= 15 is 0 Å². The minimum absolute atomic E-state index is 0.00255. The van der Waals surface area contributed by atoms with Gasteiger partial charge in [-0.3, -0.25) is 9.59 Å². The Hall–Kier alpha value is -3.93. The second kappa shape index (κ2) is 11.0. The van der Waals surface area contributed by atoms with E-state index in [9.17, 15) is 9.59 Å². The van der Waals surface area contributed by atoms with Gasteiger partial charge in [-0.05, 0) is 66.6 Å². The molecule has 0 unspecified atom stereocenters. The Kier molecular flexibility index (Phi) is 7.35. The Morgan fingerprint density at radius 1 is 1.00 bits per heavy atom. The number of carbonyl (C=O) groups is 2. The number of hydrogen-bond donors (Lipinski definition) is 1. The van der Waals surface area contributed by atoms with Gasteiger partial charge in [0.25, 0.3) is 5.91 Å². The van der Waals surface area contributed by atoms with Crippen molar-refractivity contribution in [2.24, 2.45) is 11.8 Å². The molecule has 0 bridgehead atoms. The van der Waals surface area contributed by atoms with Crippen LogP contribution in [0, 0.1) is 11.8 Å². The fourth-order valence-corrected chi connectivity index (χ4v) is 5.01. The van der Waals surface area contributed by atoms with Crippen LogP contribution >= 0.6 is 0 Å². The Morgan fingerprint density at radius 3 is 2.41 bits per heavy atom. The minimum atomic E-state index is -0.0879. The minimum Gasteiger partial charge on any atom is -0.436 e. The van der Waals surface area contributed by atoms with Crippen molar-refractivity contribution in [3.63, 3.8) is 0 Å². The van der Waals surface area contributed by atoms with E-state index in [4.69, 9.17) is 4.42 Å². The number of piperidine rings is 1. The van der Waals surface area contributed by atoms with Crippen molar-refractivity contribution in [3.05, 3.63) is 89.5 Å². The van der Waals surface area contributed by atoms with E-state index in [2.05, 4.69) is 41.5 Å². The lowest BCUT2D eigenvalue weighted by molar-refractivity contribution is -0.126. The number of likely N-dealkylation sites (tertiary alicyclic amines) is 1. The maximum Gasteiger partial charge on any atom is 0.253 e. The van der Waals surface area contributed by atoms with Crippen molar-refractivity contribution in [1.82, 2.24) is 15.2 Å². The van der Waals surface area contributed by atoms with Gasteiger partial charge < -0.3 is 14.6 Å². The number of nitrogens with one attached hydrogen (secondary N) is 1. The number of benzene rings is 3. The third kappa shape index (κ3) is 5.58. The van der Waals surface area contributed by atoms with Crippen LogP contribution in [0.4, 0.5) is 0 Å². The smallest absolute Gasteiger partial charge is 0.253 e. The molecule has 0 spiro atoms. The summed E-state index contributed by atoms with van der Waals surface area (Å²) in [5.41, 5.74) is 5.25. The van der Waals surface area contributed by atoms with Crippen LogP contribution in [0.15, 0.2) is 77.2 Å². The lowest BCUT2D eigenvalue weighted by Gasteiger charge is -2.34.